The molecule has 0 spiro atoms. The van der Waals surface area contributed by atoms with Gasteiger partial charge >= 0.3 is 5.97 Å². The third kappa shape index (κ3) is 9.09. The van der Waals surface area contributed by atoms with Gasteiger partial charge in [-0.3, -0.25) is 9.59 Å². The van der Waals surface area contributed by atoms with E-state index in [0.29, 0.717) is 31.9 Å². The Bertz CT molecular complexity index is 1300. The number of rotatable bonds is 14. The van der Waals surface area contributed by atoms with E-state index in [1.165, 1.54) is 0 Å². The number of nitrogens with zero attached hydrogens (tertiary/aromatic N) is 2. The molecule has 1 fully saturated rings. The Morgan fingerprint density at radius 2 is 1.78 bits per heavy atom. The van der Waals surface area contributed by atoms with Gasteiger partial charge in [0.1, 0.15) is 24.2 Å². The van der Waals surface area contributed by atoms with Crippen molar-refractivity contribution in [1.82, 2.24) is 15.2 Å². The van der Waals surface area contributed by atoms with Crippen LogP contribution in [-0.2, 0) is 20.7 Å². The van der Waals surface area contributed by atoms with Gasteiger partial charge in [0, 0.05) is 32.1 Å². The van der Waals surface area contributed by atoms with Gasteiger partial charge in [-0.15, -0.1) is 0 Å². The summed E-state index contributed by atoms with van der Waals surface area (Å²) in [5.74, 6) is 0.350. The van der Waals surface area contributed by atoms with Gasteiger partial charge < -0.3 is 25.0 Å². The Balaban J connectivity index is 1.33. The number of benzene rings is 2. The number of likely N-dealkylation sites (tertiary alicyclic amines) is 1. The smallest absolute Gasteiger partial charge is 0.329 e. The summed E-state index contributed by atoms with van der Waals surface area (Å²) in [6.45, 7) is 2.23. The number of hydrogen-bond acceptors (Lipinski definition) is 7. The molecule has 1 aliphatic rings. The van der Waals surface area contributed by atoms with Crippen molar-refractivity contribution in [2.24, 2.45) is 0 Å². The largest absolute Gasteiger partial charge is 0.494 e. The number of hydrogen-bond donors (Lipinski definition) is 2. The van der Waals surface area contributed by atoms with Crippen LogP contribution in [0, 0.1) is 0 Å². The van der Waals surface area contributed by atoms with Gasteiger partial charge in [0.25, 0.3) is 5.91 Å². The fourth-order valence-corrected chi connectivity index (χ4v) is 4.91. The Kier molecular flexibility index (Phi) is 11.2. The number of pyridine rings is 1. The number of esters is 1. The fraction of sp³-hybridized carbons (Fsp3) is 0.333. The van der Waals surface area contributed by atoms with Crippen molar-refractivity contribution in [3.63, 3.8) is 0 Å². The average molecular weight is 600 g/mol. The van der Waals surface area contributed by atoms with E-state index in [2.05, 4.69) is 15.6 Å². The maximum Gasteiger partial charge on any atom is 0.329 e. The highest BCUT2D eigenvalue weighted by atomic mass is 35.5. The summed E-state index contributed by atoms with van der Waals surface area (Å²) in [7, 11) is 0. The molecule has 2 N–H and O–H groups in total. The predicted molar refractivity (Wildman–Crippen MR) is 157 cm³/mol. The van der Waals surface area contributed by atoms with E-state index in [0.717, 1.165) is 30.8 Å². The third-order valence-corrected chi connectivity index (χ3v) is 7.11. The third-order valence-electron chi connectivity index (χ3n) is 6.48. The number of amides is 2. The molecule has 1 aromatic heterocycles. The van der Waals surface area contributed by atoms with E-state index in [1.54, 1.807) is 29.3 Å². The highest BCUT2D eigenvalue weighted by Gasteiger charge is 2.26. The van der Waals surface area contributed by atoms with Gasteiger partial charge in [0.15, 0.2) is 0 Å². The summed E-state index contributed by atoms with van der Waals surface area (Å²) >= 11 is 12.4. The second-order valence-electron chi connectivity index (χ2n) is 9.47. The molecule has 4 rings (SSSR count). The Morgan fingerprint density at radius 3 is 2.46 bits per heavy atom. The fourth-order valence-electron chi connectivity index (χ4n) is 4.34. The van der Waals surface area contributed by atoms with Crippen molar-refractivity contribution in [2.75, 3.05) is 38.2 Å². The lowest BCUT2D eigenvalue weighted by atomic mass is 10.0. The van der Waals surface area contributed by atoms with Gasteiger partial charge in [-0.05, 0) is 54.8 Å². The standard InChI is InChI=1S/C30H32Cl2N4O5/c31-23-6-3-7-24(32)28(23)29(38)35-25(30(39)41-19-17-36-16-4-9-27(36)37)20-21-10-12-22(13-11-21)40-18-5-15-34-26-8-1-2-14-33-26/h1-3,6-8,10-14,25H,4-5,9,15-20H2,(H,33,34)(H,35,38)/t25-/m0/s1. The van der Waals surface area contributed by atoms with E-state index in [4.69, 9.17) is 32.7 Å². The van der Waals surface area contributed by atoms with Gasteiger partial charge in [-0.2, -0.15) is 0 Å². The zero-order chi connectivity index (χ0) is 29.0. The lowest BCUT2D eigenvalue weighted by molar-refractivity contribution is -0.147. The average Bonchev–Trinajstić information content (AvgIpc) is 3.38. The van der Waals surface area contributed by atoms with Crippen molar-refractivity contribution in [1.29, 1.82) is 0 Å². The molecule has 0 radical (unpaired) electrons. The monoisotopic (exact) mass is 598 g/mol. The molecule has 0 aliphatic carbocycles. The van der Waals surface area contributed by atoms with E-state index < -0.39 is 17.9 Å². The van der Waals surface area contributed by atoms with Crippen LogP contribution < -0.4 is 15.4 Å². The minimum absolute atomic E-state index is 0.0335. The molecule has 0 saturated carbocycles. The molecular formula is C30H32Cl2N4O5. The molecule has 2 aromatic carbocycles. The summed E-state index contributed by atoms with van der Waals surface area (Å²) in [5.41, 5.74) is 0.869. The SMILES string of the molecule is O=C(N[C@@H](Cc1ccc(OCCCNc2ccccn2)cc1)C(=O)OCCN1CCCC1=O)c1c(Cl)cccc1Cl. The van der Waals surface area contributed by atoms with E-state index in [-0.39, 0.29) is 34.5 Å². The maximum absolute atomic E-state index is 13.1. The number of carbonyl (C=O) groups excluding carboxylic acids is 3. The molecule has 3 aromatic rings. The van der Waals surface area contributed by atoms with E-state index in [1.807, 2.05) is 42.5 Å². The minimum Gasteiger partial charge on any atom is -0.494 e. The second-order valence-corrected chi connectivity index (χ2v) is 10.3. The zero-order valence-electron chi connectivity index (χ0n) is 22.5. The van der Waals surface area contributed by atoms with E-state index >= 15 is 0 Å². The number of anilines is 1. The topological polar surface area (TPSA) is 110 Å². The van der Waals surface area contributed by atoms with Crippen molar-refractivity contribution < 1.29 is 23.9 Å². The van der Waals surface area contributed by atoms with Crippen LogP contribution in [0.25, 0.3) is 0 Å². The van der Waals surface area contributed by atoms with Crippen LogP contribution in [-0.4, -0.2) is 66.6 Å². The van der Waals surface area contributed by atoms with E-state index in [9.17, 15) is 14.4 Å². The lowest BCUT2D eigenvalue weighted by Crippen LogP contribution is -2.44. The van der Waals surface area contributed by atoms with Crippen LogP contribution >= 0.6 is 23.2 Å². The Labute approximate surface area is 249 Å². The molecule has 2 amide bonds. The molecule has 0 unspecified atom stereocenters. The highest BCUT2D eigenvalue weighted by Crippen LogP contribution is 2.24. The zero-order valence-corrected chi connectivity index (χ0v) is 24.0. The maximum atomic E-state index is 13.1. The quantitative estimate of drug-likeness (QED) is 0.203. The molecule has 1 aliphatic heterocycles. The molecule has 11 heteroatoms. The highest BCUT2D eigenvalue weighted by molar-refractivity contribution is 6.39. The van der Waals surface area contributed by atoms with Crippen LogP contribution in [0.15, 0.2) is 66.9 Å². The van der Waals surface area contributed by atoms with Gasteiger partial charge in [0.05, 0.1) is 28.8 Å². The molecule has 1 atom stereocenters. The molecule has 0 bridgehead atoms. The van der Waals surface area contributed by atoms with Gasteiger partial charge in [-0.1, -0.05) is 47.5 Å². The molecular weight excluding hydrogens is 567 g/mol. The number of nitrogens with one attached hydrogen (secondary N) is 2. The number of aromatic nitrogens is 1. The van der Waals surface area contributed by atoms with Gasteiger partial charge in [0.2, 0.25) is 5.91 Å². The molecule has 216 valence electrons. The van der Waals surface area contributed by atoms with Crippen LogP contribution in [0.3, 0.4) is 0 Å². The molecule has 41 heavy (non-hydrogen) atoms. The number of carbonyl (C=O) groups is 3. The Morgan fingerprint density at radius 1 is 1.00 bits per heavy atom. The summed E-state index contributed by atoms with van der Waals surface area (Å²) in [6.07, 6.45) is 3.99. The van der Waals surface area contributed by atoms with Crippen molar-refractivity contribution in [3.8, 4) is 5.75 Å². The Hall–Kier alpha value is -3.82. The first-order valence-corrected chi connectivity index (χ1v) is 14.2. The van der Waals surface area contributed by atoms with Crippen LogP contribution in [0.2, 0.25) is 10.0 Å². The number of halogens is 2. The van der Waals surface area contributed by atoms with Crippen molar-refractivity contribution in [3.05, 3.63) is 88.0 Å². The molecule has 9 nitrogen and oxygen atoms in total. The van der Waals surface area contributed by atoms with Gasteiger partial charge in [-0.25, -0.2) is 9.78 Å². The summed E-state index contributed by atoms with van der Waals surface area (Å²) in [4.78, 5) is 43.9. The summed E-state index contributed by atoms with van der Waals surface area (Å²) in [6, 6.07) is 16.7. The van der Waals surface area contributed by atoms with Crippen LogP contribution in [0.5, 0.6) is 5.75 Å². The summed E-state index contributed by atoms with van der Waals surface area (Å²) in [5, 5.41) is 6.30. The predicted octanol–water partition coefficient (Wildman–Crippen LogP) is 4.78. The van der Waals surface area contributed by atoms with Crippen LogP contribution in [0.4, 0.5) is 5.82 Å². The minimum atomic E-state index is -1.01. The first-order chi connectivity index (χ1) is 19.9. The molecule has 2 heterocycles. The number of ether oxygens (including phenoxy) is 2. The first kappa shape index (κ1) is 30.1. The van der Waals surface area contributed by atoms with Crippen LogP contribution in [0.1, 0.15) is 35.2 Å². The second kappa shape index (κ2) is 15.3. The van der Waals surface area contributed by atoms with Crippen molar-refractivity contribution in [2.45, 2.75) is 31.7 Å². The van der Waals surface area contributed by atoms with Crippen molar-refractivity contribution >= 4 is 46.8 Å². The summed E-state index contributed by atoms with van der Waals surface area (Å²) < 4.78 is 11.3. The first-order valence-electron chi connectivity index (χ1n) is 13.5. The molecule has 1 saturated heterocycles. The normalized spacial score (nSPS) is 13.5. The lowest BCUT2D eigenvalue weighted by Gasteiger charge is -2.20.